The van der Waals surface area contributed by atoms with Gasteiger partial charge in [-0.2, -0.15) is 0 Å². The van der Waals surface area contributed by atoms with Gasteiger partial charge >= 0.3 is 0 Å². The molecule has 1 heterocycles. The Hall–Kier alpha value is -0.410. The maximum Gasteiger partial charge on any atom is 0.141 e. The molecule has 3 unspecified atom stereocenters. The fourth-order valence-corrected chi connectivity index (χ4v) is 2.96. The quantitative estimate of drug-likeness (QED) is 0.766. The lowest BCUT2D eigenvalue weighted by Crippen LogP contribution is -2.34. The number of ether oxygens (including phenoxy) is 1. The van der Waals surface area contributed by atoms with Crippen molar-refractivity contribution in [3.05, 3.63) is 0 Å². The summed E-state index contributed by atoms with van der Waals surface area (Å²) in [6.07, 6.45) is 5.42. The van der Waals surface area contributed by atoms with Gasteiger partial charge in [-0.1, -0.05) is 6.42 Å². The van der Waals surface area contributed by atoms with Crippen LogP contribution in [0.25, 0.3) is 0 Å². The van der Waals surface area contributed by atoms with Gasteiger partial charge < -0.3 is 10.5 Å². The van der Waals surface area contributed by atoms with Gasteiger partial charge in [0.05, 0.1) is 6.61 Å². The Morgan fingerprint density at radius 3 is 2.80 bits per heavy atom. The smallest absolute Gasteiger partial charge is 0.141 e. The van der Waals surface area contributed by atoms with E-state index in [-0.39, 0.29) is 11.8 Å². The number of Topliss-reactive ketones (excluding diaryl/α,β-unsaturated/α-hetero) is 1. The Morgan fingerprint density at radius 2 is 2.13 bits per heavy atom. The standard InChI is InChI=1S/C12H21NO2/c13-7-9-3-1-5-11(9)12(14)10-4-2-6-15-8-10/h9-11H,1-8,13H2. The Morgan fingerprint density at radius 1 is 1.27 bits per heavy atom. The monoisotopic (exact) mass is 211 g/mol. The molecular formula is C12H21NO2. The van der Waals surface area contributed by atoms with Crippen molar-refractivity contribution < 1.29 is 9.53 Å². The molecule has 0 bridgehead atoms. The Bertz CT molecular complexity index is 224. The van der Waals surface area contributed by atoms with Crippen molar-refractivity contribution >= 4 is 5.78 Å². The van der Waals surface area contributed by atoms with Crippen LogP contribution in [0.1, 0.15) is 32.1 Å². The van der Waals surface area contributed by atoms with Gasteiger partial charge in [-0.15, -0.1) is 0 Å². The predicted molar refractivity (Wildman–Crippen MR) is 58.4 cm³/mol. The largest absolute Gasteiger partial charge is 0.381 e. The molecule has 2 rings (SSSR count). The molecule has 2 aliphatic rings. The molecule has 2 N–H and O–H groups in total. The number of ketones is 1. The van der Waals surface area contributed by atoms with Gasteiger partial charge in [0.1, 0.15) is 5.78 Å². The second kappa shape index (κ2) is 5.08. The summed E-state index contributed by atoms with van der Waals surface area (Å²) >= 11 is 0. The van der Waals surface area contributed by atoms with E-state index in [0.29, 0.717) is 24.9 Å². The van der Waals surface area contributed by atoms with Gasteiger partial charge in [-0.05, 0) is 38.1 Å². The second-order valence-electron chi connectivity index (χ2n) is 4.85. The molecule has 3 atom stereocenters. The zero-order chi connectivity index (χ0) is 10.7. The van der Waals surface area contributed by atoms with E-state index >= 15 is 0 Å². The first-order valence-electron chi connectivity index (χ1n) is 6.14. The van der Waals surface area contributed by atoms with Crippen LogP contribution in [0.5, 0.6) is 0 Å². The van der Waals surface area contributed by atoms with E-state index in [0.717, 1.165) is 32.3 Å². The van der Waals surface area contributed by atoms with E-state index in [1.54, 1.807) is 0 Å². The van der Waals surface area contributed by atoms with Crippen LogP contribution in [0.15, 0.2) is 0 Å². The molecule has 1 aliphatic carbocycles. The molecular weight excluding hydrogens is 190 g/mol. The van der Waals surface area contributed by atoms with E-state index in [1.807, 2.05) is 0 Å². The molecule has 0 spiro atoms. The van der Waals surface area contributed by atoms with Gasteiger partial charge in [0.25, 0.3) is 0 Å². The summed E-state index contributed by atoms with van der Waals surface area (Å²) in [6, 6.07) is 0. The highest BCUT2D eigenvalue weighted by molar-refractivity contribution is 5.84. The van der Waals surface area contributed by atoms with Crippen LogP contribution in [-0.2, 0) is 9.53 Å². The van der Waals surface area contributed by atoms with E-state index in [9.17, 15) is 4.79 Å². The number of nitrogens with two attached hydrogens (primary N) is 1. The lowest BCUT2D eigenvalue weighted by Gasteiger charge is -2.26. The predicted octanol–water partition coefficient (Wildman–Crippen LogP) is 1.36. The number of carbonyl (C=O) groups excluding carboxylic acids is 1. The first-order valence-corrected chi connectivity index (χ1v) is 6.14. The fraction of sp³-hybridized carbons (Fsp3) is 0.917. The van der Waals surface area contributed by atoms with Crippen LogP contribution < -0.4 is 5.73 Å². The van der Waals surface area contributed by atoms with Crippen LogP contribution in [0.2, 0.25) is 0 Å². The molecule has 0 aromatic rings. The zero-order valence-corrected chi connectivity index (χ0v) is 9.28. The summed E-state index contributed by atoms with van der Waals surface area (Å²) in [6.45, 7) is 2.14. The van der Waals surface area contributed by atoms with E-state index < -0.39 is 0 Å². The second-order valence-corrected chi connectivity index (χ2v) is 4.85. The van der Waals surface area contributed by atoms with E-state index in [1.165, 1.54) is 6.42 Å². The zero-order valence-electron chi connectivity index (χ0n) is 9.28. The average Bonchev–Trinajstić information content (AvgIpc) is 2.77. The van der Waals surface area contributed by atoms with Crippen LogP contribution in [0.4, 0.5) is 0 Å². The minimum Gasteiger partial charge on any atom is -0.381 e. The molecule has 0 radical (unpaired) electrons. The molecule has 1 aliphatic heterocycles. The maximum absolute atomic E-state index is 12.2. The summed E-state index contributed by atoms with van der Waals surface area (Å²) in [5, 5.41) is 0. The molecule has 15 heavy (non-hydrogen) atoms. The van der Waals surface area contributed by atoms with Gasteiger partial charge in [0.15, 0.2) is 0 Å². The topological polar surface area (TPSA) is 52.3 Å². The molecule has 0 aromatic heterocycles. The third-order valence-corrected chi connectivity index (χ3v) is 3.89. The normalized spacial score (nSPS) is 36.7. The summed E-state index contributed by atoms with van der Waals surface area (Å²) < 4.78 is 5.38. The highest BCUT2D eigenvalue weighted by atomic mass is 16.5. The molecule has 86 valence electrons. The highest BCUT2D eigenvalue weighted by Gasteiger charge is 2.36. The van der Waals surface area contributed by atoms with Crippen LogP contribution in [-0.4, -0.2) is 25.5 Å². The van der Waals surface area contributed by atoms with E-state index in [2.05, 4.69) is 0 Å². The van der Waals surface area contributed by atoms with Crippen molar-refractivity contribution in [3.63, 3.8) is 0 Å². The highest BCUT2D eigenvalue weighted by Crippen LogP contribution is 2.34. The average molecular weight is 211 g/mol. The summed E-state index contributed by atoms with van der Waals surface area (Å²) in [5.41, 5.74) is 5.71. The van der Waals surface area contributed by atoms with Crippen molar-refractivity contribution in [3.8, 4) is 0 Å². The minimum atomic E-state index is 0.163. The molecule has 0 amide bonds. The Kier molecular flexibility index (Phi) is 3.76. The van der Waals surface area contributed by atoms with Crippen molar-refractivity contribution in [2.45, 2.75) is 32.1 Å². The van der Waals surface area contributed by atoms with Gasteiger partial charge in [-0.3, -0.25) is 4.79 Å². The number of hydrogen-bond acceptors (Lipinski definition) is 3. The van der Waals surface area contributed by atoms with Crippen LogP contribution in [0.3, 0.4) is 0 Å². The summed E-state index contributed by atoms with van der Waals surface area (Å²) in [5.74, 6) is 1.28. The maximum atomic E-state index is 12.2. The molecule has 3 heteroatoms. The summed E-state index contributed by atoms with van der Waals surface area (Å²) in [4.78, 5) is 12.2. The fourth-order valence-electron chi connectivity index (χ4n) is 2.96. The van der Waals surface area contributed by atoms with Crippen molar-refractivity contribution in [2.75, 3.05) is 19.8 Å². The molecule has 0 aromatic carbocycles. The van der Waals surface area contributed by atoms with Crippen LogP contribution in [0, 0.1) is 17.8 Å². The first-order chi connectivity index (χ1) is 7.33. The Balaban J connectivity index is 1.93. The van der Waals surface area contributed by atoms with Gasteiger partial charge in [-0.25, -0.2) is 0 Å². The van der Waals surface area contributed by atoms with Crippen molar-refractivity contribution in [2.24, 2.45) is 23.5 Å². The molecule has 1 saturated carbocycles. The molecule has 1 saturated heterocycles. The molecule has 3 nitrogen and oxygen atoms in total. The van der Waals surface area contributed by atoms with Crippen molar-refractivity contribution in [1.82, 2.24) is 0 Å². The third-order valence-electron chi connectivity index (χ3n) is 3.89. The molecule has 2 fully saturated rings. The number of carbonyl (C=O) groups is 1. The minimum absolute atomic E-state index is 0.163. The van der Waals surface area contributed by atoms with E-state index in [4.69, 9.17) is 10.5 Å². The lowest BCUT2D eigenvalue weighted by atomic mass is 9.83. The van der Waals surface area contributed by atoms with Gasteiger partial charge in [0, 0.05) is 18.4 Å². The van der Waals surface area contributed by atoms with Crippen LogP contribution >= 0.6 is 0 Å². The van der Waals surface area contributed by atoms with Crippen molar-refractivity contribution in [1.29, 1.82) is 0 Å². The SMILES string of the molecule is NCC1CCCC1C(=O)C1CCCOC1. The first kappa shape index (κ1) is 11.1. The van der Waals surface area contributed by atoms with Gasteiger partial charge in [0.2, 0.25) is 0 Å². The third kappa shape index (κ3) is 2.40. The number of hydrogen-bond donors (Lipinski definition) is 1. The Labute approximate surface area is 91.4 Å². The lowest BCUT2D eigenvalue weighted by molar-refractivity contribution is -0.131. The summed E-state index contributed by atoms with van der Waals surface area (Å²) in [7, 11) is 0. The number of rotatable bonds is 3.